The second-order valence-corrected chi connectivity index (χ2v) is 16.2. The lowest BCUT2D eigenvalue weighted by molar-refractivity contribution is 0.0695. The first kappa shape index (κ1) is 27.9. The number of ether oxygens (including phenoxy) is 2. The minimum atomic E-state index is -2.03. The van der Waals surface area contributed by atoms with E-state index in [9.17, 15) is 9.90 Å². The van der Waals surface area contributed by atoms with Crippen LogP contribution in [0.15, 0.2) is 30.6 Å². The molecule has 1 aromatic heterocycles. The number of anilines is 1. The topological polar surface area (TPSA) is 103 Å². The minimum absolute atomic E-state index is 0.0709. The highest BCUT2D eigenvalue weighted by Gasteiger charge is 2.45. The van der Waals surface area contributed by atoms with Crippen molar-refractivity contribution in [3.8, 4) is 17.4 Å². The van der Waals surface area contributed by atoms with Gasteiger partial charge in [-0.15, -0.1) is 0 Å². The van der Waals surface area contributed by atoms with E-state index in [4.69, 9.17) is 13.9 Å². The van der Waals surface area contributed by atoms with Gasteiger partial charge in [-0.25, -0.2) is 14.8 Å². The Labute approximate surface area is 215 Å². The van der Waals surface area contributed by atoms with Crippen molar-refractivity contribution in [3.05, 3.63) is 36.2 Å². The Morgan fingerprint density at radius 2 is 1.64 bits per heavy atom. The molecule has 198 valence electrons. The predicted molar refractivity (Wildman–Crippen MR) is 144 cm³/mol. The lowest BCUT2D eigenvalue weighted by atomic mass is 10.2. The number of carboxylic acid groups (broad SMARTS) is 1. The molecule has 1 aliphatic rings. The van der Waals surface area contributed by atoms with E-state index in [0.717, 1.165) is 12.5 Å². The molecular formula is C27H41N3O5Si. The summed E-state index contributed by atoms with van der Waals surface area (Å²) in [4.78, 5) is 20.4. The van der Waals surface area contributed by atoms with Gasteiger partial charge in [-0.3, -0.25) is 0 Å². The molecule has 1 aromatic carbocycles. The standard InChI is InChI=1S/C27H41N3O5Si/c1-17(2)36(18(3)4,19(5)6)33-16-20(7)34-23-10-22(27(31)32)11-24(12-23)35-26-15-29-25(14-30-26)28-13-21-8-9-21/h10-12,14-15,17-21H,8-9,13,16H2,1-7H3,(H,28,29)(H,31,32)/t20-/m0/s1. The van der Waals surface area contributed by atoms with Crippen molar-refractivity contribution in [2.24, 2.45) is 5.92 Å². The zero-order valence-corrected chi connectivity index (χ0v) is 23.6. The SMILES string of the molecule is CC(C)[Si](OC[C@H](C)Oc1cc(Oc2cnc(NCC3CC3)cn2)cc(C(=O)O)c1)(C(C)C)C(C)C. The molecule has 0 amide bonds. The maximum Gasteiger partial charge on any atom is 0.335 e. The maximum absolute atomic E-state index is 11.7. The van der Waals surface area contributed by atoms with Crippen molar-refractivity contribution in [2.75, 3.05) is 18.5 Å². The summed E-state index contributed by atoms with van der Waals surface area (Å²) in [6.45, 7) is 16.8. The molecule has 0 bridgehead atoms. The van der Waals surface area contributed by atoms with Gasteiger partial charge in [-0.05, 0) is 54.4 Å². The second kappa shape index (κ2) is 12.1. The number of nitrogens with zero attached hydrogens (tertiary/aromatic N) is 2. The van der Waals surface area contributed by atoms with Gasteiger partial charge in [-0.2, -0.15) is 0 Å². The maximum atomic E-state index is 11.7. The molecule has 36 heavy (non-hydrogen) atoms. The minimum Gasteiger partial charge on any atom is -0.488 e. The lowest BCUT2D eigenvalue weighted by Gasteiger charge is -2.42. The zero-order valence-electron chi connectivity index (χ0n) is 22.6. The van der Waals surface area contributed by atoms with Gasteiger partial charge >= 0.3 is 5.97 Å². The van der Waals surface area contributed by atoms with Crippen LogP contribution in [0.25, 0.3) is 0 Å². The molecule has 1 fully saturated rings. The van der Waals surface area contributed by atoms with E-state index in [1.54, 1.807) is 12.3 Å². The molecule has 0 saturated heterocycles. The number of carboxylic acids is 1. The van der Waals surface area contributed by atoms with E-state index in [1.807, 2.05) is 6.92 Å². The molecule has 1 saturated carbocycles. The van der Waals surface area contributed by atoms with Crippen molar-refractivity contribution in [2.45, 2.75) is 84.0 Å². The van der Waals surface area contributed by atoms with Crippen LogP contribution in [-0.4, -0.2) is 48.6 Å². The van der Waals surface area contributed by atoms with Crippen LogP contribution in [0.5, 0.6) is 17.4 Å². The van der Waals surface area contributed by atoms with Crippen molar-refractivity contribution in [1.82, 2.24) is 9.97 Å². The third-order valence-corrected chi connectivity index (χ3v) is 12.9. The summed E-state index contributed by atoms with van der Waals surface area (Å²) in [7, 11) is -2.03. The normalized spacial score (nSPS) is 14.8. The van der Waals surface area contributed by atoms with Crippen LogP contribution < -0.4 is 14.8 Å². The third-order valence-electron chi connectivity index (χ3n) is 6.86. The summed E-state index contributed by atoms with van der Waals surface area (Å²) in [6, 6.07) is 4.62. The smallest absolute Gasteiger partial charge is 0.335 e. The van der Waals surface area contributed by atoms with Crippen LogP contribution in [0.1, 0.15) is 71.7 Å². The molecule has 1 atom stereocenters. The van der Waals surface area contributed by atoms with Gasteiger partial charge in [0.25, 0.3) is 0 Å². The van der Waals surface area contributed by atoms with Gasteiger partial charge in [0.2, 0.25) is 14.2 Å². The van der Waals surface area contributed by atoms with Crippen LogP contribution in [0.4, 0.5) is 5.82 Å². The van der Waals surface area contributed by atoms with E-state index in [0.29, 0.717) is 40.5 Å². The Balaban J connectivity index is 1.68. The number of carbonyl (C=O) groups is 1. The van der Waals surface area contributed by atoms with Crippen molar-refractivity contribution in [1.29, 1.82) is 0 Å². The summed E-state index contributed by atoms with van der Waals surface area (Å²) < 4.78 is 18.6. The highest BCUT2D eigenvalue weighted by Crippen LogP contribution is 2.42. The number of aromatic nitrogens is 2. The van der Waals surface area contributed by atoms with Gasteiger partial charge in [0.05, 0.1) is 24.6 Å². The Bertz CT molecular complexity index is 987. The highest BCUT2D eigenvalue weighted by atomic mass is 28.4. The second-order valence-electron chi connectivity index (χ2n) is 10.7. The first-order valence-electron chi connectivity index (χ1n) is 12.9. The first-order valence-corrected chi connectivity index (χ1v) is 15.1. The van der Waals surface area contributed by atoms with Gasteiger partial charge in [0.15, 0.2) is 0 Å². The molecule has 8 nitrogen and oxygen atoms in total. The molecule has 0 radical (unpaired) electrons. The van der Waals surface area contributed by atoms with E-state index in [-0.39, 0.29) is 17.5 Å². The van der Waals surface area contributed by atoms with Crippen LogP contribution >= 0.6 is 0 Å². The number of nitrogens with one attached hydrogen (secondary N) is 1. The average Bonchev–Trinajstić information content (AvgIpc) is 3.62. The first-order chi connectivity index (χ1) is 17.0. The number of hydrogen-bond acceptors (Lipinski definition) is 7. The van der Waals surface area contributed by atoms with Gasteiger partial charge in [0, 0.05) is 12.6 Å². The third kappa shape index (κ3) is 7.19. The fourth-order valence-electron chi connectivity index (χ4n) is 5.00. The van der Waals surface area contributed by atoms with E-state index >= 15 is 0 Å². The summed E-state index contributed by atoms with van der Waals surface area (Å²) in [5.74, 6) is 1.36. The highest BCUT2D eigenvalue weighted by molar-refractivity contribution is 6.77. The number of benzene rings is 1. The van der Waals surface area contributed by atoms with Gasteiger partial charge < -0.3 is 24.3 Å². The summed E-state index contributed by atoms with van der Waals surface area (Å²) in [6.07, 6.45) is 5.39. The van der Waals surface area contributed by atoms with E-state index in [1.165, 1.54) is 31.2 Å². The summed E-state index contributed by atoms with van der Waals surface area (Å²) >= 11 is 0. The molecule has 1 heterocycles. The quantitative estimate of drug-likeness (QED) is 0.266. The Morgan fingerprint density at radius 1 is 1.00 bits per heavy atom. The molecule has 2 N–H and O–H groups in total. The van der Waals surface area contributed by atoms with Crippen LogP contribution in [0.2, 0.25) is 16.6 Å². The number of rotatable bonds is 14. The summed E-state index contributed by atoms with van der Waals surface area (Å²) in [5, 5.41) is 12.9. The fourth-order valence-corrected chi connectivity index (χ4v) is 10.5. The van der Waals surface area contributed by atoms with Crippen molar-refractivity contribution < 1.29 is 23.8 Å². The predicted octanol–water partition coefficient (Wildman–Crippen LogP) is 6.75. The number of hydrogen-bond donors (Lipinski definition) is 2. The molecule has 1 aliphatic carbocycles. The average molecular weight is 516 g/mol. The van der Waals surface area contributed by atoms with Crippen molar-refractivity contribution in [3.63, 3.8) is 0 Å². The molecule has 0 unspecified atom stereocenters. The molecule has 2 aromatic rings. The largest absolute Gasteiger partial charge is 0.488 e. The molecule has 0 spiro atoms. The van der Waals surface area contributed by atoms with Crippen LogP contribution in [0, 0.1) is 5.92 Å². The molecular weight excluding hydrogens is 474 g/mol. The van der Waals surface area contributed by atoms with Crippen LogP contribution in [-0.2, 0) is 4.43 Å². The number of aromatic carboxylic acids is 1. The molecule has 0 aliphatic heterocycles. The van der Waals surface area contributed by atoms with Crippen LogP contribution in [0.3, 0.4) is 0 Å². The Kier molecular flexibility index (Phi) is 9.35. The molecule has 3 rings (SSSR count). The van der Waals surface area contributed by atoms with Gasteiger partial charge in [0.1, 0.15) is 23.4 Å². The van der Waals surface area contributed by atoms with E-state index < -0.39 is 14.3 Å². The lowest BCUT2D eigenvalue weighted by Crippen LogP contribution is -2.49. The van der Waals surface area contributed by atoms with E-state index in [2.05, 4.69) is 56.8 Å². The zero-order chi connectivity index (χ0) is 26.5. The Morgan fingerprint density at radius 3 is 2.17 bits per heavy atom. The van der Waals surface area contributed by atoms with Crippen molar-refractivity contribution >= 4 is 20.1 Å². The van der Waals surface area contributed by atoms with Gasteiger partial charge in [-0.1, -0.05) is 41.5 Å². The Hall–Kier alpha value is -2.65. The fraction of sp³-hybridized carbons (Fsp3) is 0.593. The monoisotopic (exact) mass is 515 g/mol. The molecule has 9 heteroatoms. The summed E-state index contributed by atoms with van der Waals surface area (Å²) in [5.41, 5.74) is 1.48.